The summed E-state index contributed by atoms with van der Waals surface area (Å²) in [5.41, 5.74) is 5.03. The second-order valence-electron chi connectivity index (χ2n) is 8.64. The SMILES string of the molecule is CN(C(=O)Cc1ccc(-n2cccn2)cc1)c1cccc(NC(=O)Cc2ccc(-n3cccn3)cc2)c1. The lowest BCUT2D eigenvalue weighted by atomic mass is 10.1. The molecule has 0 atom stereocenters. The summed E-state index contributed by atoms with van der Waals surface area (Å²) in [6.45, 7) is 0. The molecule has 37 heavy (non-hydrogen) atoms. The van der Waals surface area contributed by atoms with Gasteiger partial charge in [-0.1, -0.05) is 30.3 Å². The molecule has 0 aliphatic heterocycles. The zero-order valence-electron chi connectivity index (χ0n) is 20.4. The monoisotopic (exact) mass is 490 g/mol. The van der Waals surface area contributed by atoms with E-state index in [0.717, 1.165) is 22.5 Å². The first-order valence-corrected chi connectivity index (χ1v) is 11.9. The lowest BCUT2D eigenvalue weighted by molar-refractivity contribution is -0.117. The van der Waals surface area contributed by atoms with Crippen molar-refractivity contribution < 1.29 is 9.59 Å². The molecule has 0 bridgehead atoms. The lowest BCUT2D eigenvalue weighted by Crippen LogP contribution is -2.28. The molecule has 0 saturated heterocycles. The first-order chi connectivity index (χ1) is 18.0. The van der Waals surface area contributed by atoms with Gasteiger partial charge < -0.3 is 10.2 Å². The maximum atomic E-state index is 12.9. The Morgan fingerprint density at radius 1 is 0.757 bits per heavy atom. The highest BCUT2D eigenvalue weighted by molar-refractivity contribution is 5.96. The molecule has 0 fully saturated rings. The number of anilines is 2. The number of likely N-dealkylation sites (N-methyl/N-ethyl adjacent to an activating group) is 1. The molecule has 0 spiro atoms. The van der Waals surface area contributed by atoms with Crippen LogP contribution in [-0.2, 0) is 22.4 Å². The normalized spacial score (nSPS) is 10.7. The standard InChI is InChI=1S/C29H26N6O2/c1-33(29(37)20-23-9-13-26(14-10-23)35-18-4-16-31-35)27-6-2-5-24(21-27)32-28(36)19-22-7-11-25(12-8-22)34-17-3-15-30-34/h2-18,21H,19-20H2,1H3,(H,32,36). The van der Waals surface area contributed by atoms with Gasteiger partial charge in [0.25, 0.3) is 0 Å². The molecule has 184 valence electrons. The van der Waals surface area contributed by atoms with Gasteiger partial charge in [0.15, 0.2) is 0 Å². The van der Waals surface area contributed by atoms with Gasteiger partial charge in [-0.2, -0.15) is 10.2 Å². The van der Waals surface area contributed by atoms with Gasteiger partial charge in [0.05, 0.1) is 24.2 Å². The topological polar surface area (TPSA) is 85.0 Å². The van der Waals surface area contributed by atoms with Crippen molar-refractivity contribution in [3.05, 3.63) is 121 Å². The summed E-state index contributed by atoms with van der Waals surface area (Å²) >= 11 is 0. The third-order valence-electron chi connectivity index (χ3n) is 6.02. The maximum Gasteiger partial charge on any atom is 0.231 e. The Balaban J connectivity index is 1.18. The number of aromatic nitrogens is 4. The molecule has 0 aliphatic carbocycles. The predicted octanol–water partition coefficient (Wildman–Crippen LogP) is 4.44. The number of carbonyl (C=O) groups is 2. The van der Waals surface area contributed by atoms with Gasteiger partial charge in [-0.05, 0) is 65.7 Å². The van der Waals surface area contributed by atoms with Crippen LogP contribution < -0.4 is 10.2 Å². The summed E-state index contributed by atoms with van der Waals surface area (Å²) in [6, 6.07) is 26.5. The van der Waals surface area contributed by atoms with Crippen LogP contribution in [0, 0.1) is 0 Å². The fraction of sp³-hybridized carbons (Fsp3) is 0.103. The third-order valence-corrected chi connectivity index (χ3v) is 6.02. The van der Waals surface area contributed by atoms with E-state index in [0.29, 0.717) is 11.4 Å². The number of hydrogen-bond acceptors (Lipinski definition) is 4. The van der Waals surface area contributed by atoms with Crippen molar-refractivity contribution in [3.63, 3.8) is 0 Å². The van der Waals surface area contributed by atoms with Gasteiger partial charge in [-0.25, -0.2) is 9.36 Å². The fourth-order valence-corrected chi connectivity index (χ4v) is 4.00. The van der Waals surface area contributed by atoms with Crippen LogP contribution in [0.4, 0.5) is 11.4 Å². The first-order valence-electron chi connectivity index (χ1n) is 11.9. The van der Waals surface area contributed by atoms with E-state index in [9.17, 15) is 9.59 Å². The minimum absolute atomic E-state index is 0.0485. The molecule has 8 nitrogen and oxygen atoms in total. The van der Waals surface area contributed by atoms with Gasteiger partial charge in [0.2, 0.25) is 11.8 Å². The van der Waals surface area contributed by atoms with Crippen LogP contribution in [0.3, 0.4) is 0 Å². The summed E-state index contributed by atoms with van der Waals surface area (Å²) in [6.07, 6.45) is 7.70. The Kier molecular flexibility index (Phi) is 6.89. The zero-order valence-corrected chi connectivity index (χ0v) is 20.4. The van der Waals surface area contributed by atoms with Crippen LogP contribution >= 0.6 is 0 Å². The molecule has 5 rings (SSSR count). The quantitative estimate of drug-likeness (QED) is 0.348. The van der Waals surface area contributed by atoms with E-state index in [4.69, 9.17) is 0 Å². The molecule has 0 saturated carbocycles. The second kappa shape index (κ2) is 10.7. The number of nitrogens with zero attached hydrogens (tertiary/aromatic N) is 5. The third kappa shape index (κ3) is 5.82. The largest absolute Gasteiger partial charge is 0.326 e. The lowest BCUT2D eigenvalue weighted by Gasteiger charge is -2.18. The molecule has 0 radical (unpaired) electrons. The van der Waals surface area contributed by atoms with Gasteiger partial charge in [0, 0.05) is 43.2 Å². The van der Waals surface area contributed by atoms with Crippen molar-refractivity contribution in [3.8, 4) is 11.4 Å². The van der Waals surface area contributed by atoms with Crippen molar-refractivity contribution in [2.45, 2.75) is 12.8 Å². The zero-order chi connectivity index (χ0) is 25.6. The van der Waals surface area contributed by atoms with E-state index in [2.05, 4.69) is 15.5 Å². The fourth-order valence-electron chi connectivity index (χ4n) is 4.00. The van der Waals surface area contributed by atoms with Crippen molar-refractivity contribution in [2.75, 3.05) is 17.3 Å². The summed E-state index contributed by atoms with van der Waals surface area (Å²) in [5.74, 6) is -0.178. The van der Waals surface area contributed by atoms with Crippen LogP contribution in [0.5, 0.6) is 0 Å². The first kappa shape index (κ1) is 23.7. The van der Waals surface area contributed by atoms with Gasteiger partial charge in [0.1, 0.15) is 0 Å². The smallest absolute Gasteiger partial charge is 0.231 e. The second-order valence-corrected chi connectivity index (χ2v) is 8.64. The number of benzene rings is 3. The Labute approximate surface area is 214 Å². The number of nitrogens with one attached hydrogen (secondary N) is 1. The molecular weight excluding hydrogens is 464 g/mol. The summed E-state index contributed by atoms with van der Waals surface area (Å²) in [7, 11) is 1.74. The molecule has 2 aromatic heterocycles. The van der Waals surface area contributed by atoms with Gasteiger partial charge >= 0.3 is 0 Å². The highest BCUT2D eigenvalue weighted by atomic mass is 16.2. The highest BCUT2D eigenvalue weighted by Gasteiger charge is 2.13. The van der Waals surface area contributed by atoms with Crippen LogP contribution in [0.2, 0.25) is 0 Å². The summed E-state index contributed by atoms with van der Waals surface area (Å²) in [5, 5.41) is 11.4. The Bertz CT molecular complexity index is 1470. The van der Waals surface area contributed by atoms with Gasteiger partial charge in [-0.15, -0.1) is 0 Å². The minimum Gasteiger partial charge on any atom is -0.326 e. The molecule has 1 N–H and O–H groups in total. The molecule has 5 aromatic rings. The molecule has 8 heteroatoms. The van der Waals surface area contributed by atoms with Crippen LogP contribution in [0.25, 0.3) is 11.4 Å². The molecule has 0 aliphatic rings. The Morgan fingerprint density at radius 2 is 1.32 bits per heavy atom. The molecule has 2 amide bonds. The van der Waals surface area contributed by atoms with E-state index < -0.39 is 0 Å². The summed E-state index contributed by atoms with van der Waals surface area (Å²) in [4.78, 5) is 27.2. The number of rotatable bonds is 8. The Hall–Kier alpha value is -4.98. The molecule has 0 unspecified atom stereocenters. The van der Waals surface area contributed by atoms with Crippen molar-refractivity contribution in [2.24, 2.45) is 0 Å². The average Bonchev–Trinajstić information content (AvgIpc) is 3.64. The van der Waals surface area contributed by atoms with E-state index in [1.54, 1.807) is 39.8 Å². The average molecular weight is 491 g/mol. The highest BCUT2D eigenvalue weighted by Crippen LogP contribution is 2.20. The van der Waals surface area contributed by atoms with Gasteiger partial charge in [-0.3, -0.25) is 9.59 Å². The predicted molar refractivity (Wildman–Crippen MR) is 143 cm³/mol. The van der Waals surface area contributed by atoms with Crippen LogP contribution in [-0.4, -0.2) is 38.4 Å². The van der Waals surface area contributed by atoms with E-state index in [1.807, 2.05) is 91.3 Å². The van der Waals surface area contributed by atoms with Crippen LogP contribution in [0.15, 0.2) is 110 Å². The number of carbonyl (C=O) groups excluding carboxylic acids is 2. The number of amides is 2. The summed E-state index contributed by atoms with van der Waals surface area (Å²) < 4.78 is 3.54. The van der Waals surface area contributed by atoms with E-state index in [-0.39, 0.29) is 24.7 Å². The van der Waals surface area contributed by atoms with Crippen molar-refractivity contribution >= 4 is 23.2 Å². The van der Waals surface area contributed by atoms with Crippen LogP contribution in [0.1, 0.15) is 11.1 Å². The van der Waals surface area contributed by atoms with E-state index >= 15 is 0 Å². The molecule has 2 heterocycles. The minimum atomic E-state index is -0.129. The van der Waals surface area contributed by atoms with Crippen molar-refractivity contribution in [1.29, 1.82) is 0 Å². The van der Waals surface area contributed by atoms with Crippen molar-refractivity contribution in [1.82, 2.24) is 19.6 Å². The maximum absolute atomic E-state index is 12.9. The molecular formula is C29H26N6O2. The molecule has 3 aromatic carbocycles. The van der Waals surface area contributed by atoms with E-state index in [1.165, 1.54) is 0 Å². The number of hydrogen-bond donors (Lipinski definition) is 1. The Morgan fingerprint density at radius 3 is 1.86 bits per heavy atom.